The predicted octanol–water partition coefficient (Wildman–Crippen LogP) is 4.38. The van der Waals surface area contributed by atoms with Gasteiger partial charge in [0.05, 0.1) is 16.7 Å². The summed E-state index contributed by atoms with van der Waals surface area (Å²) in [5.41, 5.74) is 3.02. The summed E-state index contributed by atoms with van der Waals surface area (Å²) >= 11 is 1.03. The van der Waals surface area contributed by atoms with E-state index < -0.39 is 0 Å². The molecule has 0 radical (unpaired) electrons. The normalized spacial score (nSPS) is 13.9. The molecule has 3 heterocycles. The largest absolute Gasteiger partial charge is 0.489 e. The van der Waals surface area contributed by atoms with Crippen LogP contribution in [0.3, 0.4) is 0 Å². The van der Waals surface area contributed by atoms with Gasteiger partial charge >= 0.3 is 0 Å². The van der Waals surface area contributed by atoms with Crippen LogP contribution in [0.2, 0.25) is 0 Å². The van der Waals surface area contributed by atoms with Crippen molar-refractivity contribution in [2.75, 3.05) is 0 Å². The molecule has 0 N–H and O–H groups in total. The van der Waals surface area contributed by atoms with Gasteiger partial charge in [0.2, 0.25) is 0 Å². The number of hydrogen-bond donors (Lipinski definition) is 0. The number of aromatic nitrogens is 3. The highest BCUT2D eigenvalue weighted by Crippen LogP contribution is 2.40. The van der Waals surface area contributed by atoms with Gasteiger partial charge in [-0.25, -0.2) is 4.98 Å². The van der Waals surface area contributed by atoms with Crippen molar-refractivity contribution in [3.8, 4) is 11.4 Å². The third-order valence-corrected chi connectivity index (χ3v) is 5.84. The van der Waals surface area contributed by atoms with Gasteiger partial charge in [0.15, 0.2) is 5.13 Å². The summed E-state index contributed by atoms with van der Waals surface area (Å²) in [6.07, 6.45) is 4.07. The number of hydrogen-bond acceptors (Lipinski definition) is 4. The van der Waals surface area contributed by atoms with Crippen LogP contribution >= 0.6 is 11.3 Å². The van der Waals surface area contributed by atoms with Crippen LogP contribution in [-0.2, 0) is 13.7 Å². The third kappa shape index (κ3) is 3.01. The van der Waals surface area contributed by atoms with Crippen molar-refractivity contribution in [3.63, 3.8) is 0 Å². The number of pyridine rings is 1. The SMILES string of the molecule is Cn1c(C2CC2)nc2ccc(-n3ccc(OCc4ccsc4F)cc3=O)cc21. The zero-order valence-corrected chi connectivity index (χ0v) is 16.1. The zero-order chi connectivity index (χ0) is 19.3. The molecule has 142 valence electrons. The first-order valence-corrected chi connectivity index (χ1v) is 10.0. The Labute approximate surface area is 164 Å². The van der Waals surface area contributed by atoms with Crippen LogP contribution in [0.15, 0.2) is 52.8 Å². The fraction of sp³-hybridized carbons (Fsp3) is 0.238. The highest BCUT2D eigenvalue weighted by Gasteiger charge is 2.28. The summed E-state index contributed by atoms with van der Waals surface area (Å²) in [5.74, 6) is 2.10. The Bertz CT molecular complexity index is 1240. The van der Waals surface area contributed by atoms with Gasteiger partial charge in [-0.05, 0) is 48.6 Å². The third-order valence-electron chi connectivity index (χ3n) is 5.10. The average Bonchev–Trinajstić information content (AvgIpc) is 3.37. The lowest BCUT2D eigenvalue weighted by Gasteiger charge is -2.09. The van der Waals surface area contributed by atoms with Gasteiger partial charge in [-0.15, -0.1) is 11.3 Å². The minimum absolute atomic E-state index is 0.101. The molecule has 4 aromatic rings. The second-order valence-electron chi connectivity index (χ2n) is 7.06. The molecule has 0 saturated heterocycles. The molecule has 5 nitrogen and oxygen atoms in total. The Morgan fingerprint density at radius 2 is 2.11 bits per heavy atom. The first-order valence-electron chi connectivity index (χ1n) is 9.14. The van der Waals surface area contributed by atoms with E-state index in [1.807, 2.05) is 25.2 Å². The number of aryl methyl sites for hydroxylation is 1. The second kappa shape index (κ2) is 6.60. The maximum atomic E-state index is 13.5. The molecular weight excluding hydrogens is 377 g/mol. The van der Waals surface area contributed by atoms with Gasteiger partial charge in [-0.2, -0.15) is 4.39 Å². The van der Waals surface area contributed by atoms with E-state index in [1.54, 1.807) is 28.3 Å². The summed E-state index contributed by atoms with van der Waals surface area (Å²) in [7, 11) is 2.02. The number of benzene rings is 1. The fourth-order valence-corrected chi connectivity index (χ4v) is 4.03. The Morgan fingerprint density at radius 3 is 2.82 bits per heavy atom. The van der Waals surface area contributed by atoms with Crippen molar-refractivity contribution < 1.29 is 9.13 Å². The molecule has 28 heavy (non-hydrogen) atoms. The van der Waals surface area contributed by atoms with Crippen LogP contribution in [0.4, 0.5) is 4.39 Å². The smallest absolute Gasteiger partial charge is 0.258 e. The molecule has 3 aromatic heterocycles. The molecule has 1 aliphatic rings. The standard InChI is InChI=1S/C21H18FN3O2S/c1-24-18-10-15(4-5-17(18)23-21(24)13-2-3-13)25-8-6-16(11-19(25)26)27-12-14-7-9-28-20(14)22/h4-11,13H,2-3,12H2,1H3. The van der Waals surface area contributed by atoms with Crippen LogP contribution in [0.5, 0.6) is 5.75 Å². The Hall–Kier alpha value is -2.93. The molecule has 0 amide bonds. The molecule has 1 aliphatic carbocycles. The highest BCUT2D eigenvalue weighted by atomic mass is 32.1. The number of fused-ring (bicyclic) bond motifs is 1. The first-order chi connectivity index (χ1) is 13.6. The molecule has 1 aromatic carbocycles. The lowest BCUT2D eigenvalue weighted by Crippen LogP contribution is -2.16. The quantitative estimate of drug-likeness (QED) is 0.504. The molecule has 7 heteroatoms. The van der Waals surface area contributed by atoms with E-state index in [-0.39, 0.29) is 17.3 Å². The molecule has 0 unspecified atom stereocenters. The molecular formula is C21H18FN3O2S. The van der Waals surface area contributed by atoms with E-state index in [0.29, 0.717) is 17.2 Å². The predicted molar refractivity (Wildman–Crippen MR) is 107 cm³/mol. The van der Waals surface area contributed by atoms with Gasteiger partial charge in [0, 0.05) is 30.8 Å². The van der Waals surface area contributed by atoms with E-state index in [4.69, 9.17) is 9.72 Å². The van der Waals surface area contributed by atoms with E-state index in [9.17, 15) is 9.18 Å². The van der Waals surface area contributed by atoms with Gasteiger partial charge in [-0.3, -0.25) is 9.36 Å². The molecule has 0 spiro atoms. The minimum atomic E-state index is -0.261. The van der Waals surface area contributed by atoms with E-state index in [2.05, 4.69) is 4.57 Å². The van der Waals surface area contributed by atoms with Crippen molar-refractivity contribution >= 4 is 22.4 Å². The summed E-state index contributed by atoms with van der Waals surface area (Å²) in [5, 5.41) is 1.42. The molecule has 0 bridgehead atoms. The lowest BCUT2D eigenvalue weighted by atomic mass is 10.2. The zero-order valence-electron chi connectivity index (χ0n) is 15.3. The fourth-order valence-electron chi connectivity index (χ4n) is 3.40. The van der Waals surface area contributed by atoms with Gasteiger partial charge in [0.1, 0.15) is 18.2 Å². The van der Waals surface area contributed by atoms with Crippen molar-refractivity contribution in [1.29, 1.82) is 0 Å². The molecule has 1 saturated carbocycles. The number of nitrogens with zero attached hydrogens (tertiary/aromatic N) is 3. The molecule has 5 rings (SSSR count). The van der Waals surface area contributed by atoms with Crippen LogP contribution in [-0.4, -0.2) is 14.1 Å². The molecule has 0 atom stereocenters. The monoisotopic (exact) mass is 395 g/mol. The molecule has 0 aliphatic heterocycles. The number of halogens is 1. The van der Waals surface area contributed by atoms with Gasteiger partial charge in [0.25, 0.3) is 5.56 Å². The molecule has 1 fully saturated rings. The lowest BCUT2D eigenvalue weighted by molar-refractivity contribution is 0.300. The Kier molecular flexibility index (Phi) is 4.05. The van der Waals surface area contributed by atoms with Crippen LogP contribution < -0.4 is 10.3 Å². The highest BCUT2D eigenvalue weighted by molar-refractivity contribution is 7.08. The van der Waals surface area contributed by atoms with E-state index in [0.717, 1.165) is 33.9 Å². The number of imidazole rings is 1. The van der Waals surface area contributed by atoms with Gasteiger partial charge < -0.3 is 9.30 Å². The van der Waals surface area contributed by atoms with Gasteiger partial charge in [-0.1, -0.05) is 0 Å². The van der Waals surface area contributed by atoms with E-state index >= 15 is 0 Å². The first kappa shape index (κ1) is 17.2. The second-order valence-corrected chi connectivity index (χ2v) is 7.92. The van der Waals surface area contributed by atoms with Crippen molar-refractivity contribution in [1.82, 2.24) is 14.1 Å². The number of ether oxygens (including phenoxy) is 1. The van der Waals surface area contributed by atoms with Crippen LogP contribution in [0.1, 0.15) is 30.1 Å². The van der Waals surface area contributed by atoms with E-state index in [1.165, 1.54) is 18.9 Å². The minimum Gasteiger partial charge on any atom is -0.489 e. The van der Waals surface area contributed by atoms with Crippen LogP contribution in [0, 0.1) is 5.13 Å². The summed E-state index contributed by atoms with van der Waals surface area (Å²) < 4.78 is 22.8. The summed E-state index contributed by atoms with van der Waals surface area (Å²) in [6.45, 7) is 0.101. The number of thiophene rings is 1. The topological polar surface area (TPSA) is 49.0 Å². The van der Waals surface area contributed by atoms with Crippen molar-refractivity contribution in [2.45, 2.75) is 25.4 Å². The van der Waals surface area contributed by atoms with Crippen LogP contribution in [0.25, 0.3) is 16.7 Å². The Balaban J connectivity index is 1.43. The Morgan fingerprint density at radius 1 is 1.25 bits per heavy atom. The summed E-state index contributed by atoms with van der Waals surface area (Å²) in [6, 6.07) is 10.7. The number of rotatable bonds is 5. The maximum absolute atomic E-state index is 13.5. The van der Waals surface area contributed by atoms with Crippen molar-refractivity contribution in [2.24, 2.45) is 7.05 Å². The average molecular weight is 395 g/mol. The van der Waals surface area contributed by atoms with Crippen molar-refractivity contribution in [3.05, 3.63) is 74.8 Å². The summed E-state index contributed by atoms with van der Waals surface area (Å²) in [4.78, 5) is 17.3. The maximum Gasteiger partial charge on any atom is 0.258 e.